The lowest BCUT2D eigenvalue weighted by atomic mass is 10.3. The van der Waals surface area contributed by atoms with Crippen molar-refractivity contribution < 1.29 is 8.42 Å². The van der Waals surface area contributed by atoms with Gasteiger partial charge in [-0.1, -0.05) is 11.6 Å². The van der Waals surface area contributed by atoms with Crippen molar-refractivity contribution in [2.24, 2.45) is 0 Å². The summed E-state index contributed by atoms with van der Waals surface area (Å²) in [5.74, 6) is 0.402. The van der Waals surface area contributed by atoms with E-state index in [0.29, 0.717) is 16.5 Å². The second-order valence-corrected chi connectivity index (χ2v) is 6.89. The van der Waals surface area contributed by atoms with Crippen LogP contribution in [0.25, 0.3) is 5.69 Å². The summed E-state index contributed by atoms with van der Waals surface area (Å²) in [6.45, 7) is 0.193. The van der Waals surface area contributed by atoms with Gasteiger partial charge in [-0.15, -0.1) is 10.2 Å². The molecule has 0 aliphatic rings. The van der Waals surface area contributed by atoms with E-state index < -0.39 is 9.84 Å². The molecule has 114 valence electrons. The Hall–Kier alpha value is -2.26. The fourth-order valence-corrected chi connectivity index (χ4v) is 2.80. The predicted octanol–water partition coefficient (Wildman–Crippen LogP) is 0.964. The molecule has 0 bridgehead atoms. The third kappa shape index (κ3) is 2.85. The van der Waals surface area contributed by atoms with Gasteiger partial charge in [0.1, 0.15) is 6.54 Å². The highest BCUT2D eigenvalue weighted by Crippen LogP contribution is 2.19. The minimum Gasteiger partial charge on any atom is -0.268 e. The maximum atomic E-state index is 11.9. The topological polar surface area (TPSA) is 95.6 Å². The molecule has 0 N–H and O–H groups in total. The maximum absolute atomic E-state index is 11.9. The Morgan fingerprint density at radius 1 is 1.09 bits per heavy atom. The summed E-state index contributed by atoms with van der Waals surface area (Å²) in [5, 5.41) is 16.1. The van der Waals surface area contributed by atoms with E-state index in [4.69, 9.17) is 11.6 Å². The quantitative estimate of drug-likeness (QED) is 0.703. The Labute approximate surface area is 131 Å². The van der Waals surface area contributed by atoms with Gasteiger partial charge in [0, 0.05) is 17.0 Å². The first kappa shape index (κ1) is 14.7. The standard InChI is InChI=1S/C12H11ClN6O2S/c1-22(20,21)12-17-16-11(8-18-14-6-7-15-18)19(12)10-4-2-9(13)3-5-10/h2-7H,8H2,1H3. The third-order valence-corrected chi connectivity index (χ3v) is 4.05. The number of hydrogen-bond acceptors (Lipinski definition) is 6. The molecule has 3 aromatic rings. The zero-order valence-corrected chi connectivity index (χ0v) is 13.0. The molecule has 3 rings (SSSR count). The zero-order chi connectivity index (χ0) is 15.7. The van der Waals surface area contributed by atoms with Crippen molar-refractivity contribution in [2.75, 3.05) is 6.26 Å². The molecule has 2 heterocycles. The van der Waals surface area contributed by atoms with E-state index in [-0.39, 0.29) is 11.7 Å². The van der Waals surface area contributed by atoms with E-state index in [9.17, 15) is 8.42 Å². The Kier molecular flexibility index (Phi) is 3.67. The van der Waals surface area contributed by atoms with Gasteiger partial charge in [-0.05, 0) is 24.3 Å². The molecule has 8 nitrogen and oxygen atoms in total. The van der Waals surface area contributed by atoms with Gasteiger partial charge in [0.15, 0.2) is 5.82 Å². The maximum Gasteiger partial charge on any atom is 0.254 e. The second-order valence-electron chi connectivity index (χ2n) is 4.54. The van der Waals surface area contributed by atoms with E-state index in [1.165, 1.54) is 21.8 Å². The van der Waals surface area contributed by atoms with Crippen LogP contribution in [0.1, 0.15) is 5.82 Å². The van der Waals surface area contributed by atoms with Crippen molar-refractivity contribution in [3.8, 4) is 5.69 Å². The van der Waals surface area contributed by atoms with E-state index >= 15 is 0 Å². The molecule has 22 heavy (non-hydrogen) atoms. The summed E-state index contributed by atoms with van der Waals surface area (Å²) in [6, 6.07) is 6.72. The summed E-state index contributed by atoms with van der Waals surface area (Å²) in [7, 11) is -3.54. The zero-order valence-electron chi connectivity index (χ0n) is 11.5. The number of sulfone groups is 1. The van der Waals surface area contributed by atoms with Crippen LogP contribution in [0.15, 0.2) is 41.8 Å². The number of benzene rings is 1. The molecule has 0 atom stereocenters. The van der Waals surface area contributed by atoms with Crippen molar-refractivity contribution in [3.63, 3.8) is 0 Å². The summed E-state index contributed by atoms with van der Waals surface area (Å²) < 4.78 is 25.3. The Morgan fingerprint density at radius 3 is 2.32 bits per heavy atom. The highest BCUT2D eigenvalue weighted by molar-refractivity contribution is 7.90. The molecule has 0 unspecified atom stereocenters. The van der Waals surface area contributed by atoms with E-state index in [1.807, 2.05) is 0 Å². The van der Waals surface area contributed by atoms with Crippen LogP contribution >= 0.6 is 11.6 Å². The third-order valence-electron chi connectivity index (χ3n) is 2.87. The molecule has 2 aromatic heterocycles. The van der Waals surface area contributed by atoms with Gasteiger partial charge < -0.3 is 0 Å². The second kappa shape index (κ2) is 5.50. The molecule has 1 aromatic carbocycles. The number of aromatic nitrogens is 6. The van der Waals surface area contributed by atoms with Crippen LogP contribution in [0.2, 0.25) is 5.02 Å². The van der Waals surface area contributed by atoms with Crippen molar-refractivity contribution in [1.29, 1.82) is 0 Å². The Morgan fingerprint density at radius 2 is 1.73 bits per heavy atom. The molecule has 10 heteroatoms. The Balaban J connectivity index is 2.15. The molecular weight excluding hydrogens is 328 g/mol. The molecule has 0 amide bonds. The molecule has 0 fully saturated rings. The normalized spacial score (nSPS) is 11.7. The largest absolute Gasteiger partial charge is 0.268 e. The molecule has 0 saturated carbocycles. The van der Waals surface area contributed by atoms with Crippen LogP contribution < -0.4 is 0 Å². The van der Waals surface area contributed by atoms with Gasteiger partial charge >= 0.3 is 0 Å². The van der Waals surface area contributed by atoms with Gasteiger partial charge in [-0.3, -0.25) is 4.57 Å². The molecular formula is C12H11ClN6O2S. The van der Waals surface area contributed by atoms with Gasteiger partial charge in [0.05, 0.1) is 12.4 Å². The van der Waals surface area contributed by atoms with E-state index in [2.05, 4.69) is 20.4 Å². The van der Waals surface area contributed by atoms with Crippen molar-refractivity contribution >= 4 is 21.4 Å². The van der Waals surface area contributed by atoms with Gasteiger partial charge in [-0.25, -0.2) is 8.42 Å². The first-order chi connectivity index (χ1) is 10.4. The minimum absolute atomic E-state index is 0.142. The van der Waals surface area contributed by atoms with Gasteiger partial charge in [-0.2, -0.15) is 15.0 Å². The van der Waals surface area contributed by atoms with Crippen LogP contribution in [0.3, 0.4) is 0 Å². The highest BCUT2D eigenvalue weighted by atomic mass is 35.5. The fraction of sp³-hybridized carbons (Fsp3) is 0.167. The highest BCUT2D eigenvalue weighted by Gasteiger charge is 2.22. The van der Waals surface area contributed by atoms with Crippen molar-refractivity contribution in [3.05, 3.63) is 47.5 Å². The predicted molar refractivity (Wildman–Crippen MR) is 78.6 cm³/mol. The SMILES string of the molecule is CS(=O)(=O)c1nnc(Cn2nccn2)n1-c1ccc(Cl)cc1. The molecule has 0 spiro atoms. The van der Waals surface area contributed by atoms with E-state index in [0.717, 1.165) is 6.26 Å². The number of hydrogen-bond donors (Lipinski definition) is 0. The summed E-state index contributed by atoms with van der Waals surface area (Å²) in [6.07, 6.45) is 4.14. The average Bonchev–Trinajstić information content (AvgIpc) is 3.09. The first-order valence-electron chi connectivity index (χ1n) is 6.19. The molecule has 0 aliphatic carbocycles. The summed E-state index contributed by atoms with van der Waals surface area (Å²) >= 11 is 5.87. The lowest BCUT2D eigenvalue weighted by Crippen LogP contribution is -2.13. The lowest BCUT2D eigenvalue weighted by molar-refractivity contribution is 0.558. The number of rotatable bonds is 4. The number of nitrogens with zero attached hydrogens (tertiary/aromatic N) is 6. The summed E-state index contributed by atoms with van der Waals surface area (Å²) in [5.41, 5.74) is 0.594. The van der Waals surface area contributed by atoms with Gasteiger partial charge in [0.2, 0.25) is 9.84 Å². The fourth-order valence-electron chi connectivity index (χ4n) is 1.94. The van der Waals surface area contributed by atoms with Crippen LogP contribution in [0.5, 0.6) is 0 Å². The van der Waals surface area contributed by atoms with Crippen LogP contribution in [0, 0.1) is 0 Å². The monoisotopic (exact) mass is 338 g/mol. The molecule has 0 saturated heterocycles. The van der Waals surface area contributed by atoms with E-state index in [1.54, 1.807) is 24.3 Å². The van der Waals surface area contributed by atoms with Crippen LogP contribution in [-0.2, 0) is 16.4 Å². The molecule has 0 radical (unpaired) electrons. The Bertz CT molecular complexity index is 886. The van der Waals surface area contributed by atoms with Crippen LogP contribution in [0.4, 0.5) is 0 Å². The van der Waals surface area contributed by atoms with Crippen molar-refractivity contribution in [1.82, 2.24) is 29.8 Å². The number of halogens is 1. The first-order valence-corrected chi connectivity index (χ1v) is 8.46. The lowest BCUT2D eigenvalue weighted by Gasteiger charge is -2.09. The van der Waals surface area contributed by atoms with Crippen LogP contribution in [-0.4, -0.2) is 44.4 Å². The smallest absolute Gasteiger partial charge is 0.254 e. The van der Waals surface area contributed by atoms with Gasteiger partial charge in [0.25, 0.3) is 5.16 Å². The minimum atomic E-state index is -3.54. The summed E-state index contributed by atoms with van der Waals surface area (Å²) in [4.78, 5) is 1.39. The van der Waals surface area contributed by atoms with Crippen molar-refractivity contribution in [2.45, 2.75) is 11.7 Å². The average molecular weight is 339 g/mol. The molecule has 0 aliphatic heterocycles.